The molecule has 0 aromatic heterocycles. The Bertz CT molecular complexity index is 114. The van der Waals surface area contributed by atoms with E-state index in [0.717, 1.165) is 6.42 Å². The third kappa shape index (κ3) is 13.7. The van der Waals surface area contributed by atoms with Gasteiger partial charge in [0.25, 0.3) is 0 Å². The maximum absolute atomic E-state index is 5.29. The fourth-order valence-electron chi connectivity index (χ4n) is 0.901. The molecule has 0 aromatic rings. The Kier molecular flexibility index (Phi) is 14.5. The summed E-state index contributed by atoms with van der Waals surface area (Å²) in [6, 6.07) is 0. The van der Waals surface area contributed by atoms with Gasteiger partial charge in [-0.2, -0.15) is 0 Å². The lowest BCUT2D eigenvalue weighted by Crippen LogP contribution is -2.12. The van der Waals surface area contributed by atoms with Crippen molar-refractivity contribution in [2.24, 2.45) is 11.8 Å². The normalized spacial score (nSPS) is 10.9. The fraction of sp³-hybridized carbons (Fsp3) is 1.00. The predicted octanol–water partition coefficient (Wildman–Crippen LogP) is -0.793. The van der Waals surface area contributed by atoms with Gasteiger partial charge in [-0.25, -0.2) is 11.8 Å². The van der Waals surface area contributed by atoms with Crippen LogP contribution in [0.15, 0.2) is 0 Å². The van der Waals surface area contributed by atoms with Gasteiger partial charge in [0, 0.05) is 13.2 Å². The second kappa shape index (κ2) is 14.7. The Morgan fingerprint density at radius 2 is 0.875 bits per heavy atom. The summed E-state index contributed by atoms with van der Waals surface area (Å²) in [5, 5.41) is 0. The zero-order chi connectivity index (χ0) is 11.9. The molecule has 0 rings (SSSR count). The maximum Gasteiger partial charge on any atom is 0.0913 e. The highest BCUT2D eigenvalue weighted by molar-refractivity contribution is 4.36. The topological polar surface area (TPSA) is 98.2 Å². The van der Waals surface area contributed by atoms with Crippen molar-refractivity contribution in [2.45, 2.75) is 6.42 Å². The van der Waals surface area contributed by atoms with Gasteiger partial charge in [0.05, 0.1) is 39.6 Å². The monoisotopic (exact) mass is 238 g/mol. The first-order valence-corrected chi connectivity index (χ1v) is 5.28. The summed E-state index contributed by atoms with van der Waals surface area (Å²) in [5.74, 6) is 9.64. The van der Waals surface area contributed by atoms with Crippen molar-refractivity contribution < 1.29 is 23.9 Å². The van der Waals surface area contributed by atoms with Gasteiger partial charge < -0.3 is 23.9 Å². The van der Waals surface area contributed by atoms with Crippen LogP contribution in [0.4, 0.5) is 0 Å². The number of hydrogen-bond acceptors (Lipinski definition) is 7. The lowest BCUT2D eigenvalue weighted by Gasteiger charge is -2.05. The minimum absolute atomic E-state index is 0.400. The minimum Gasteiger partial charge on any atom is -0.379 e. The highest BCUT2D eigenvalue weighted by atomic mass is 16.6. The predicted molar refractivity (Wildman–Crippen MR) is 57.4 cm³/mol. The van der Waals surface area contributed by atoms with E-state index in [2.05, 4.69) is 9.68 Å². The highest BCUT2D eigenvalue weighted by Gasteiger charge is 1.92. The van der Waals surface area contributed by atoms with Gasteiger partial charge in [-0.3, -0.25) is 0 Å². The quantitative estimate of drug-likeness (QED) is 0.320. The van der Waals surface area contributed by atoms with Gasteiger partial charge in [-0.05, 0) is 6.42 Å². The van der Waals surface area contributed by atoms with Crippen LogP contribution in [0.2, 0.25) is 0 Å². The van der Waals surface area contributed by atoms with Crippen LogP contribution in [-0.4, -0.2) is 52.9 Å². The average Bonchev–Trinajstić information content (AvgIpc) is 2.31. The summed E-state index contributed by atoms with van der Waals surface area (Å²) in [4.78, 5) is 8.67. The van der Waals surface area contributed by atoms with Crippen molar-refractivity contribution in [2.75, 3.05) is 52.9 Å². The number of hydrogen-bond donors (Lipinski definition) is 2. The molecule has 0 bridgehead atoms. The van der Waals surface area contributed by atoms with Crippen molar-refractivity contribution >= 4 is 0 Å². The lowest BCUT2D eigenvalue weighted by atomic mass is 10.5. The number of nitrogens with two attached hydrogens (primary N) is 2. The molecule has 0 aliphatic heterocycles. The summed E-state index contributed by atoms with van der Waals surface area (Å²) in [7, 11) is 0. The molecule has 7 heteroatoms. The van der Waals surface area contributed by atoms with E-state index < -0.39 is 0 Å². The molecule has 0 spiro atoms. The van der Waals surface area contributed by atoms with E-state index in [1.165, 1.54) is 0 Å². The molecule has 0 saturated carbocycles. The van der Waals surface area contributed by atoms with Crippen LogP contribution in [-0.2, 0) is 23.9 Å². The summed E-state index contributed by atoms with van der Waals surface area (Å²) >= 11 is 0. The molecule has 0 aliphatic carbocycles. The Morgan fingerprint density at radius 3 is 1.31 bits per heavy atom. The largest absolute Gasteiger partial charge is 0.379 e. The molecule has 16 heavy (non-hydrogen) atoms. The van der Waals surface area contributed by atoms with E-state index in [4.69, 9.17) is 26.0 Å². The first kappa shape index (κ1) is 15.7. The lowest BCUT2D eigenvalue weighted by molar-refractivity contribution is 0.00557. The standard InChI is InChI=1S/C9H22N2O5/c10-15-8-6-13-3-1-2-12-4-5-14-7-9-16-11/h1-11H2. The molecule has 0 aliphatic rings. The second-order valence-electron chi connectivity index (χ2n) is 2.93. The number of rotatable bonds is 13. The number of ether oxygens (including phenoxy) is 3. The van der Waals surface area contributed by atoms with Crippen LogP contribution in [0.3, 0.4) is 0 Å². The molecule has 0 saturated heterocycles. The molecule has 0 fully saturated rings. The Morgan fingerprint density at radius 1 is 0.500 bits per heavy atom. The smallest absolute Gasteiger partial charge is 0.0913 e. The van der Waals surface area contributed by atoms with E-state index in [1.54, 1.807) is 0 Å². The average molecular weight is 238 g/mol. The summed E-state index contributed by atoms with van der Waals surface area (Å²) < 4.78 is 15.6. The molecule has 0 radical (unpaired) electrons. The molecule has 0 unspecified atom stereocenters. The van der Waals surface area contributed by atoms with Crippen LogP contribution in [0.5, 0.6) is 0 Å². The van der Waals surface area contributed by atoms with E-state index in [0.29, 0.717) is 52.9 Å². The molecular formula is C9H22N2O5. The third-order valence-electron chi connectivity index (χ3n) is 1.64. The van der Waals surface area contributed by atoms with Crippen molar-refractivity contribution in [3.05, 3.63) is 0 Å². The highest BCUT2D eigenvalue weighted by Crippen LogP contribution is 1.86. The summed E-state index contributed by atoms with van der Waals surface area (Å²) in [6.45, 7) is 4.23. The van der Waals surface area contributed by atoms with Gasteiger partial charge in [0.1, 0.15) is 0 Å². The van der Waals surface area contributed by atoms with Crippen LogP contribution >= 0.6 is 0 Å². The van der Waals surface area contributed by atoms with Crippen molar-refractivity contribution in [1.29, 1.82) is 0 Å². The Balaban J connectivity index is 2.83. The molecule has 0 atom stereocenters. The summed E-state index contributed by atoms with van der Waals surface area (Å²) in [5.41, 5.74) is 0. The molecule has 7 nitrogen and oxygen atoms in total. The second-order valence-corrected chi connectivity index (χ2v) is 2.93. The summed E-state index contributed by atoms with van der Waals surface area (Å²) in [6.07, 6.45) is 0.844. The van der Waals surface area contributed by atoms with Crippen LogP contribution in [0, 0.1) is 0 Å². The maximum atomic E-state index is 5.29. The molecule has 98 valence electrons. The Hall–Kier alpha value is -0.280. The van der Waals surface area contributed by atoms with Crippen LogP contribution in [0.1, 0.15) is 6.42 Å². The SMILES string of the molecule is NOCCOCCCOCCOCCON. The molecule has 0 amide bonds. The van der Waals surface area contributed by atoms with Gasteiger partial charge in [0.2, 0.25) is 0 Å². The van der Waals surface area contributed by atoms with Crippen molar-refractivity contribution in [1.82, 2.24) is 0 Å². The van der Waals surface area contributed by atoms with Crippen LogP contribution < -0.4 is 11.8 Å². The molecule has 0 heterocycles. The molecule has 0 aromatic carbocycles. The van der Waals surface area contributed by atoms with E-state index in [1.807, 2.05) is 0 Å². The molecule has 4 N–H and O–H groups in total. The van der Waals surface area contributed by atoms with Gasteiger partial charge in [0.15, 0.2) is 0 Å². The van der Waals surface area contributed by atoms with Gasteiger partial charge in [-0.15, -0.1) is 0 Å². The van der Waals surface area contributed by atoms with Gasteiger partial charge >= 0.3 is 0 Å². The zero-order valence-corrected chi connectivity index (χ0v) is 9.56. The molecular weight excluding hydrogens is 216 g/mol. The third-order valence-corrected chi connectivity index (χ3v) is 1.64. The van der Waals surface area contributed by atoms with Crippen LogP contribution in [0.25, 0.3) is 0 Å². The van der Waals surface area contributed by atoms with Crippen molar-refractivity contribution in [3.63, 3.8) is 0 Å². The van der Waals surface area contributed by atoms with E-state index >= 15 is 0 Å². The Labute approximate surface area is 95.8 Å². The zero-order valence-electron chi connectivity index (χ0n) is 9.56. The fourth-order valence-corrected chi connectivity index (χ4v) is 0.901. The van der Waals surface area contributed by atoms with Gasteiger partial charge in [-0.1, -0.05) is 0 Å². The first-order valence-electron chi connectivity index (χ1n) is 5.28. The van der Waals surface area contributed by atoms with Crippen molar-refractivity contribution in [3.8, 4) is 0 Å². The van der Waals surface area contributed by atoms with E-state index in [-0.39, 0.29) is 0 Å². The first-order chi connectivity index (χ1) is 7.91. The minimum atomic E-state index is 0.400. The van der Waals surface area contributed by atoms with E-state index in [9.17, 15) is 0 Å².